The topological polar surface area (TPSA) is 49.9 Å². The van der Waals surface area contributed by atoms with E-state index in [2.05, 4.69) is 36.2 Å². The first-order chi connectivity index (χ1) is 15.2. The number of ether oxygens (including phenoxy) is 1. The number of aromatic nitrogens is 1. The number of anilines is 1. The normalized spacial score (nSPS) is 18.5. The standard InChI is InChI=1S/C25H38N4O2/c1-4-6-11-28-14-9-20(10-15-28)27-22-16-19(5-2)26-23-18-25(24(30-3)17-21(22)23)31-29-12-7-8-13-29/h16-18,20H,4-15H2,1-3H3,(H,26,27). The fraction of sp³-hybridized carbons (Fsp3) is 0.640. The molecule has 2 aliphatic heterocycles. The van der Waals surface area contributed by atoms with Gasteiger partial charge in [0.1, 0.15) is 0 Å². The van der Waals surface area contributed by atoms with Crippen molar-refractivity contribution in [3.05, 3.63) is 23.9 Å². The fourth-order valence-electron chi connectivity index (χ4n) is 4.64. The Kier molecular flexibility index (Phi) is 7.51. The number of hydrogen-bond acceptors (Lipinski definition) is 6. The highest BCUT2D eigenvalue weighted by Gasteiger charge is 2.21. The maximum atomic E-state index is 6.16. The number of piperidine rings is 1. The zero-order chi connectivity index (χ0) is 21.6. The van der Waals surface area contributed by atoms with Crippen LogP contribution in [0.1, 0.15) is 58.1 Å². The Morgan fingerprint density at radius 1 is 1.03 bits per heavy atom. The van der Waals surface area contributed by atoms with Crippen LogP contribution in [0.4, 0.5) is 5.69 Å². The number of rotatable bonds is 9. The number of hydrogen-bond donors (Lipinski definition) is 1. The quantitative estimate of drug-likeness (QED) is 0.617. The molecule has 0 atom stereocenters. The van der Waals surface area contributed by atoms with Crippen LogP contribution in [0.5, 0.6) is 11.5 Å². The molecule has 2 aromatic rings. The van der Waals surface area contributed by atoms with Crippen LogP contribution in [0.15, 0.2) is 18.2 Å². The van der Waals surface area contributed by atoms with E-state index >= 15 is 0 Å². The summed E-state index contributed by atoms with van der Waals surface area (Å²) in [6.07, 6.45) is 8.21. The fourth-order valence-corrected chi connectivity index (χ4v) is 4.64. The molecule has 170 valence electrons. The summed E-state index contributed by atoms with van der Waals surface area (Å²) in [6, 6.07) is 6.85. The molecule has 2 aliphatic rings. The van der Waals surface area contributed by atoms with Crippen molar-refractivity contribution in [2.75, 3.05) is 45.2 Å². The van der Waals surface area contributed by atoms with Crippen molar-refractivity contribution in [2.24, 2.45) is 0 Å². The van der Waals surface area contributed by atoms with E-state index in [-0.39, 0.29) is 0 Å². The number of nitrogens with one attached hydrogen (secondary N) is 1. The first-order valence-corrected chi connectivity index (χ1v) is 12.1. The summed E-state index contributed by atoms with van der Waals surface area (Å²) < 4.78 is 5.70. The molecule has 0 radical (unpaired) electrons. The Morgan fingerprint density at radius 2 is 1.81 bits per heavy atom. The minimum absolute atomic E-state index is 0.500. The van der Waals surface area contributed by atoms with Gasteiger partial charge in [0.25, 0.3) is 0 Å². The van der Waals surface area contributed by atoms with Gasteiger partial charge < -0.3 is 19.8 Å². The summed E-state index contributed by atoms with van der Waals surface area (Å²) in [5.41, 5.74) is 3.24. The van der Waals surface area contributed by atoms with Gasteiger partial charge in [0.05, 0.1) is 12.6 Å². The van der Waals surface area contributed by atoms with Gasteiger partial charge in [0, 0.05) is 55.1 Å². The predicted octanol–water partition coefficient (Wildman–Crippen LogP) is 4.87. The maximum absolute atomic E-state index is 6.16. The maximum Gasteiger partial charge on any atom is 0.191 e. The second-order valence-corrected chi connectivity index (χ2v) is 8.88. The third kappa shape index (κ3) is 5.42. The Labute approximate surface area is 186 Å². The summed E-state index contributed by atoms with van der Waals surface area (Å²) in [5, 5.41) is 6.98. The van der Waals surface area contributed by atoms with Crippen LogP contribution in [0.25, 0.3) is 10.9 Å². The van der Waals surface area contributed by atoms with Gasteiger partial charge in [-0.1, -0.05) is 20.3 Å². The van der Waals surface area contributed by atoms with Gasteiger partial charge >= 0.3 is 0 Å². The van der Waals surface area contributed by atoms with E-state index < -0.39 is 0 Å². The van der Waals surface area contributed by atoms with Crippen LogP contribution in [0, 0.1) is 0 Å². The molecule has 0 aliphatic carbocycles. The molecular formula is C25H38N4O2. The zero-order valence-corrected chi connectivity index (χ0v) is 19.5. The predicted molar refractivity (Wildman–Crippen MR) is 127 cm³/mol. The lowest BCUT2D eigenvalue weighted by molar-refractivity contribution is -0.0366. The van der Waals surface area contributed by atoms with Crippen molar-refractivity contribution < 1.29 is 9.57 Å². The molecule has 2 fully saturated rings. The molecule has 2 saturated heterocycles. The Hall–Kier alpha value is -2.05. The number of methoxy groups -OCH3 is 1. The lowest BCUT2D eigenvalue weighted by Crippen LogP contribution is -2.39. The minimum atomic E-state index is 0.500. The Bertz CT molecular complexity index is 858. The molecule has 1 aromatic heterocycles. The van der Waals surface area contributed by atoms with Crippen LogP contribution in [0.2, 0.25) is 0 Å². The molecular weight excluding hydrogens is 388 g/mol. The van der Waals surface area contributed by atoms with Crippen LogP contribution >= 0.6 is 0 Å². The van der Waals surface area contributed by atoms with Crippen molar-refractivity contribution in [3.8, 4) is 11.5 Å². The van der Waals surface area contributed by atoms with Crippen LogP contribution in [0.3, 0.4) is 0 Å². The number of likely N-dealkylation sites (tertiary alicyclic amines) is 1. The van der Waals surface area contributed by atoms with E-state index in [1.54, 1.807) is 7.11 Å². The van der Waals surface area contributed by atoms with Gasteiger partial charge in [0.15, 0.2) is 11.5 Å². The van der Waals surface area contributed by atoms with Crippen LogP contribution in [-0.2, 0) is 6.42 Å². The average Bonchev–Trinajstić information content (AvgIpc) is 3.31. The monoisotopic (exact) mass is 426 g/mol. The van der Waals surface area contributed by atoms with Crippen LogP contribution in [-0.4, -0.2) is 60.8 Å². The summed E-state index contributed by atoms with van der Waals surface area (Å²) >= 11 is 0. The summed E-state index contributed by atoms with van der Waals surface area (Å²) in [5.74, 6) is 1.52. The van der Waals surface area contributed by atoms with Gasteiger partial charge in [-0.25, -0.2) is 0 Å². The van der Waals surface area contributed by atoms with E-state index in [1.807, 2.05) is 11.1 Å². The molecule has 0 saturated carbocycles. The van der Waals surface area contributed by atoms with Gasteiger partial charge in [0.2, 0.25) is 0 Å². The van der Waals surface area contributed by atoms with E-state index in [1.165, 1.54) is 63.8 Å². The second kappa shape index (κ2) is 10.5. The van der Waals surface area contributed by atoms with Crippen molar-refractivity contribution in [1.82, 2.24) is 14.9 Å². The average molecular weight is 427 g/mol. The molecule has 1 aromatic carbocycles. The molecule has 6 nitrogen and oxygen atoms in total. The lowest BCUT2D eigenvalue weighted by Gasteiger charge is -2.33. The third-order valence-corrected chi connectivity index (χ3v) is 6.58. The van der Waals surface area contributed by atoms with E-state index in [0.717, 1.165) is 47.6 Å². The second-order valence-electron chi connectivity index (χ2n) is 8.88. The first-order valence-electron chi connectivity index (χ1n) is 12.1. The molecule has 0 bridgehead atoms. The number of hydroxylamine groups is 2. The third-order valence-electron chi connectivity index (χ3n) is 6.58. The number of aryl methyl sites for hydroxylation is 1. The number of unbranched alkanes of at least 4 members (excludes halogenated alkanes) is 1. The summed E-state index contributed by atoms with van der Waals surface area (Å²) in [7, 11) is 1.71. The molecule has 0 spiro atoms. The molecule has 6 heteroatoms. The van der Waals surface area contributed by atoms with Crippen LogP contribution < -0.4 is 14.9 Å². The highest BCUT2D eigenvalue weighted by Crippen LogP contribution is 2.36. The zero-order valence-electron chi connectivity index (χ0n) is 19.5. The molecule has 0 amide bonds. The highest BCUT2D eigenvalue weighted by atomic mass is 16.7. The Morgan fingerprint density at radius 3 is 2.48 bits per heavy atom. The van der Waals surface area contributed by atoms with Gasteiger partial charge in [-0.05, 0) is 57.2 Å². The summed E-state index contributed by atoms with van der Waals surface area (Å²) in [6.45, 7) is 9.95. The van der Waals surface area contributed by atoms with Gasteiger partial charge in [-0.3, -0.25) is 4.98 Å². The molecule has 4 rings (SSSR count). The van der Waals surface area contributed by atoms with Crippen molar-refractivity contribution in [3.63, 3.8) is 0 Å². The lowest BCUT2D eigenvalue weighted by atomic mass is 10.0. The first kappa shape index (κ1) is 22.2. The summed E-state index contributed by atoms with van der Waals surface area (Å²) in [4.78, 5) is 13.7. The highest BCUT2D eigenvalue weighted by molar-refractivity contribution is 5.94. The Balaban J connectivity index is 1.56. The minimum Gasteiger partial charge on any atom is -0.493 e. The van der Waals surface area contributed by atoms with E-state index in [9.17, 15) is 0 Å². The van der Waals surface area contributed by atoms with Crippen molar-refractivity contribution >= 4 is 16.6 Å². The number of nitrogens with zero attached hydrogens (tertiary/aromatic N) is 3. The number of benzene rings is 1. The van der Waals surface area contributed by atoms with Crippen molar-refractivity contribution in [2.45, 2.75) is 64.8 Å². The van der Waals surface area contributed by atoms with Crippen molar-refractivity contribution in [1.29, 1.82) is 0 Å². The largest absolute Gasteiger partial charge is 0.493 e. The van der Waals surface area contributed by atoms with E-state index in [4.69, 9.17) is 14.6 Å². The molecule has 31 heavy (non-hydrogen) atoms. The SMILES string of the molecule is CCCCN1CCC(Nc2cc(CC)nc3cc(ON4CCCC4)c(OC)cc23)CC1. The number of pyridine rings is 1. The number of fused-ring (bicyclic) bond motifs is 1. The smallest absolute Gasteiger partial charge is 0.191 e. The molecule has 1 N–H and O–H groups in total. The van der Waals surface area contributed by atoms with Gasteiger partial charge in [-0.2, -0.15) is 0 Å². The molecule has 3 heterocycles. The van der Waals surface area contributed by atoms with E-state index in [0.29, 0.717) is 6.04 Å². The van der Waals surface area contributed by atoms with Gasteiger partial charge in [-0.15, -0.1) is 5.06 Å². The molecule has 0 unspecified atom stereocenters.